The van der Waals surface area contributed by atoms with Gasteiger partial charge in [-0.15, -0.1) is 0 Å². The molecule has 228 valence electrons. The molecule has 16 heteroatoms. The second kappa shape index (κ2) is 20.8. The predicted molar refractivity (Wildman–Crippen MR) is 145 cm³/mol. The fourth-order valence-electron chi connectivity index (χ4n) is 2.63. The maximum Gasteiger partial charge on any atom is 0.397 e. The van der Waals surface area contributed by atoms with Crippen molar-refractivity contribution in [3.8, 4) is 0 Å². The number of rotatable bonds is 17. The summed E-state index contributed by atoms with van der Waals surface area (Å²) in [4.78, 5) is 0. The maximum absolute atomic E-state index is 10.2. The number of nitrogens with one attached hydrogen (secondary N) is 1. The highest BCUT2D eigenvalue weighted by atomic mass is 32.3. The summed E-state index contributed by atoms with van der Waals surface area (Å²) in [5.41, 5.74) is 7.08. The molecule has 0 saturated carbocycles. The van der Waals surface area contributed by atoms with E-state index in [1.54, 1.807) is 0 Å². The van der Waals surface area contributed by atoms with Crippen LogP contribution in [0.4, 0.5) is 0 Å². The second-order valence-electron chi connectivity index (χ2n) is 8.10. The number of nitrogens with two attached hydrogens (primary N) is 1. The summed E-state index contributed by atoms with van der Waals surface area (Å²) in [6.45, 7) is 3.00. The summed E-state index contributed by atoms with van der Waals surface area (Å²) in [6, 6.07) is 19.8. The van der Waals surface area contributed by atoms with Gasteiger partial charge in [0.25, 0.3) is 0 Å². The summed E-state index contributed by atoms with van der Waals surface area (Å²) in [7, 11) is -8.66. The van der Waals surface area contributed by atoms with Crippen molar-refractivity contribution in [1.82, 2.24) is 5.32 Å². The van der Waals surface area contributed by atoms with Crippen LogP contribution in [0.3, 0.4) is 0 Å². The molecule has 2 aromatic rings. The standard InChI is InChI=1S/C12H19NO6S.C10H12O2.C2H7NO4S/c14-12(8-13-6-7-19-20(15,16)17)10-18-9-11-4-2-1-3-5-11;1-2-4-9(5-3-1)6-11-7-10-8-12-10;3-1-2-7-8(4,5)6/h1-5,12-14H,6-10H2,(H,15,16,17);1-5,10H,6-8H2;1-3H2,(H,4,5,6)/t12-;10-;/m10./s1. The van der Waals surface area contributed by atoms with Crippen molar-refractivity contribution in [1.29, 1.82) is 0 Å². The average Bonchev–Trinajstić information content (AvgIpc) is 3.73. The number of hydrogen-bond donors (Lipinski definition) is 5. The zero-order valence-electron chi connectivity index (χ0n) is 21.9. The molecule has 0 aliphatic carbocycles. The topological polar surface area (TPSA) is 216 Å². The first-order valence-electron chi connectivity index (χ1n) is 12.2. The van der Waals surface area contributed by atoms with Crippen LogP contribution in [0, 0.1) is 0 Å². The van der Waals surface area contributed by atoms with E-state index in [1.165, 1.54) is 5.56 Å². The highest BCUT2D eigenvalue weighted by Crippen LogP contribution is 2.10. The predicted octanol–water partition coefficient (Wildman–Crippen LogP) is 0.340. The lowest BCUT2D eigenvalue weighted by Gasteiger charge is -2.12. The van der Waals surface area contributed by atoms with E-state index in [0.717, 1.165) is 18.8 Å². The molecule has 2 aromatic carbocycles. The molecule has 0 radical (unpaired) electrons. The van der Waals surface area contributed by atoms with E-state index in [4.69, 9.17) is 29.0 Å². The minimum Gasteiger partial charge on any atom is -0.389 e. The smallest absolute Gasteiger partial charge is 0.389 e. The number of aliphatic hydroxyl groups excluding tert-OH is 1. The summed E-state index contributed by atoms with van der Waals surface area (Å²) in [6.07, 6.45) is -0.335. The van der Waals surface area contributed by atoms with Crippen LogP contribution in [0.1, 0.15) is 11.1 Å². The van der Waals surface area contributed by atoms with Crippen molar-refractivity contribution in [2.45, 2.75) is 25.4 Å². The average molecular weight is 611 g/mol. The molecule has 6 N–H and O–H groups in total. The van der Waals surface area contributed by atoms with Gasteiger partial charge in [-0.25, -0.2) is 8.37 Å². The lowest BCUT2D eigenvalue weighted by molar-refractivity contribution is 0.0286. The highest BCUT2D eigenvalue weighted by Gasteiger charge is 2.22. The number of hydrogen-bond acceptors (Lipinski definition) is 12. The van der Waals surface area contributed by atoms with Gasteiger partial charge in [0.15, 0.2) is 0 Å². The zero-order valence-corrected chi connectivity index (χ0v) is 23.5. The minimum atomic E-state index is -4.40. The van der Waals surface area contributed by atoms with Crippen LogP contribution in [-0.4, -0.2) is 95.9 Å². The van der Waals surface area contributed by atoms with Gasteiger partial charge >= 0.3 is 20.8 Å². The fourth-order valence-corrected chi connectivity index (χ4v) is 3.23. The van der Waals surface area contributed by atoms with Gasteiger partial charge in [-0.1, -0.05) is 60.7 Å². The molecule has 3 rings (SSSR count). The summed E-state index contributed by atoms with van der Waals surface area (Å²) < 4.78 is 79.6. The molecule has 1 heterocycles. The van der Waals surface area contributed by atoms with Crippen LogP contribution >= 0.6 is 0 Å². The first-order chi connectivity index (χ1) is 19.0. The summed E-state index contributed by atoms with van der Waals surface area (Å²) in [5.74, 6) is 0. The van der Waals surface area contributed by atoms with Crippen molar-refractivity contribution >= 4 is 20.8 Å². The van der Waals surface area contributed by atoms with Crippen LogP contribution in [0.2, 0.25) is 0 Å². The SMILES string of the molecule is NCCOS(=O)(=O)O.O=S(=O)(O)OCCNC[C@@H](O)COCc1ccccc1.c1ccc(COC[C@H]2CO2)cc1. The van der Waals surface area contributed by atoms with E-state index < -0.39 is 26.9 Å². The van der Waals surface area contributed by atoms with Crippen LogP contribution in [-0.2, 0) is 56.6 Å². The van der Waals surface area contributed by atoms with E-state index in [-0.39, 0.29) is 39.5 Å². The Kier molecular flexibility index (Phi) is 18.7. The Labute approximate surface area is 235 Å². The molecular weight excluding hydrogens is 572 g/mol. The van der Waals surface area contributed by atoms with Crippen molar-refractivity contribution in [3.63, 3.8) is 0 Å². The maximum atomic E-state index is 10.2. The van der Waals surface area contributed by atoms with Crippen molar-refractivity contribution in [2.24, 2.45) is 5.73 Å². The van der Waals surface area contributed by atoms with E-state index in [0.29, 0.717) is 19.3 Å². The van der Waals surface area contributed by atoms with Crippen LogP contribution in [0.5, 0.6) is 0 Å². The molecule has 14 nitrogen and oxygen atoms in total. The molecule has 1 saturated heterocycles. The number of ether oxygens (including phenoxy) is 3. The molecule has 0 aromatic heterocycles. The van der Waals surface area contributed by atoms with Crippen molar-refractivity contribution in [3.05, 3.63) is 71.8 Å². The first-order valence-corrected chi connectivity index (χ1v) is 14.9. The number of epoxide rings is 1. The van der Waals surface area contributed by atoms with Crippen LogP contribution in [0.15, 0.2) is 60.7 Å². The van der Waals surface area contributed by atoms with Gasteiger partial charge in [0, 0.05) is 19.6 Å². The van der Waals surface area contributed by atoms with E-state index in [9.17, 15) is 21.9 Å². The van der Waals surface area contributed by atoms with Gasteiger partial charge in [-0.3, -0.25) is 9.11 Å². The Bertz CT molecular complexity index is 1100. The molecule has 0 amide bonds. The van der Waals surface area contributed by atoms with Gasteiger partial charge < -0.3 is 30.4 Å². The molecule has 1 aliphatic rings. The molecular formula is C24H38N2O12S2. The lowest BCUT2D eigenvalue weighted by Crippen LogP contribution is -2.32. The van der Waals surface area contributed by atoms with Crippen molar-refractivity contribution < 1.29 is 53.6 Å². The van der Waals surface area contributed by atoms with Gasteiger partial charge in [0.05, 0.1) is 52.4 Å². The normalized spacial score (nSPS) is 15.2. The number of aliphatic hydroxyl groups is 1. The molecule has 0 bridgehead atoms. The van der Waals surface area contributed by atoms with E-state index in [1.807, 2.05) is 48.5 Å². The molecule has 0 spiro atoms. The third-order valence-electron chi connectivity index (χ3n) is 4.48. The summed E-state index contributed by atoms with van der Waals surface area (Å²) in [5, 5.41) is 12.4. The molecule has 1 fully saturated rings. The Hall–Kier alpha value is -2.06. The van der Waals surface area contributed by atoms with Gasteiger partial charge in [-0.05, 0) is 11.1 Å². The molecule has 2 atom stereocenters. The van der Waals surface area contributed by atoms with Gasteiger partial charge in [0.2, 0.25) is 0 Å². The first kappa shape index (κ1) is 36.0. The third-order valence-corrected chi connectivity index (χ3v) is 5.41. The quantitative estimate of drug-likeness (QED) is 0.0927. The monoisotopic (exact) mass is 610 g/mol. The Morgan fingerprint density at radius 1 is 0.875 bits per heavy atom. The lowest BCUT2D eigenvalue weighted by atomic mass is 10.2. The highest BCUT2D eigenvalue weighted by molar-refractivity contribution is 7.81. The van der Waals surface area contributed by atoms with Crippen LogP contribution in [0.25, 0.3) is 0 Å². The Morgan fingerprint density at radius 3 is 1.82 bits per heavy atom. The Balaban J connectivity index is 0.000000337. The third kappa shape index (κ3) is 23.8. The van der Waals surface area contributed by atoms with Crippen molar-refractivity contribution in [2.75, 3.05) is 52.7 Å². The number of benzene rings is 2. The molecule has 40 heavy (non-hydrogen) atoms. The van der Waals surface area contributed by atoms with E-state index >= 15 is 0 Å². The second-order valence-corrected chi connectivity index (χ2v) is 10.3. The van der Waals surface area contributed by atoms with E-state index in [2.05, 4.69) is 25.8 Å². The zero-order chi connectivity index (χ0) is 29.7. The largest absolute Gasteiger partial charge is 0.397 e. The fraction of sp³-hybridized carbons (Fsp3) is 0.500. The summed E-state index contributed by atoms with van der Waals surface area (Å²) >= 11 is 0. The Morgan fingerprint density at radius 2 is 1.38 bits per heavy atom. The molecule has 0 unspecified atom stereocenters. The van der Waals surface area contributed by atoms with Gasteiger partial charge in [0.1, 0.15) is 6.10 Å². The van der Waals surface area contributed by atoms with Crippen LogP contribution < -0.4 is 11.1 Å². The minimum absolute atomic E-state index is 0.0692. The molecule has 1 aliphatic heterocycles. The van der Waals surface area contributed by atoms with Gasteiger partial charge in [-0.2, -0.15) is 16.8 Å².